The number of hydrogen-bond acceptors (Lipinski definition) is 4. The van der Waals surface area contributed by atoms with Gasteiger partial charge in [-0.05, 0) is 31.2 Å². The van der Waals surface area contributed by atoms with Gasteiger partial charge in [-0.25, -0.2) is 4.39 Å². The first-order valence-electron chi connectivity index (χ1n) is 6.73. The molecule has 2 rings (SSSR count). The van der Waals surface area contributed by atoms with Gasteiger partial charge in [0.05, 0.1) is 18.8 Å². The molecule has 0 saturated carbocycles. The quantitative estimate of drug-likeness (QED) is 0.640. The molecule has 1 aliphatic rings. The second kappa shape index (κ2) is 7.61. The summed E-state index contributed by atoms with van der Waals surface area (Å²) in [5.41, 5.74) is 0.0640. The van der Waals surface area contributed by atoms with E-state index in [9.17, 15) is 9.18 Å². The minimum atomic E-state index is -0.539. The number of ether oxygens (including phenoxy) is 1. The van der Waals surface area contributed by atoms with Gasteiger partial charge in [0.1, 0.15) is 5.82 Å². The lowest BCUT2D eigenvalue weighted by molar-refractivity contribution is 0.0374. The van der Waals surface area contributed by atoms with Crippen LogP contribution in [0.15, 0.2) is 23.1 Å². The number of rotatable bonds is 5. The molecule has 0 atom stereocenters. The summed E-state index contributed by atoms with van der Waals surface area (Å²) in [7, 11) is 0. The Balaban J connectivity index is 1.72. The molecule has 0 aromatic heterocycles. The molecular weight excluding hydrogens is 279 g/mol. The molecule has 1 amide bonds. The monoisotopic (exact) mass is 298 g/mol. The van der Waals surface area contributed by atoms with Crippen molar-refractivity contribution in [2.75, 3.05) is 39.4 Å². The third kappa shape index (κ3) is 4.47. The van der Waals surface area contributed by atoms with Crippen LogP contribution in [0.25, 0.3) is 0 Å². The highest BCUT2D eigenvalue weighted by Crippen LogP contribution is 2.13. The zero-order valence-corrected chi connectivity index (χ0v) is 12.2. The largest absolute Gasteiger partial charge is 0.379 e. The minimum absolute atomic E-state index is 0.0640. The molecule has 110 valence electrons. The van der Waals surface area contributed by atoms with Crippen LogP contribution in [-0.2, 0) is 4.74 Å². The highest BCUT2D eigenvalue weighted by atomic mass is 32.1. The SMILES string of the molecule is O=C(NCCCN1CCOCC1)c1ccc(S)cc1F. The lowest BCUT2D eigenvalue weighted by Crippen LogP contribution is -2.38. The fourth-order valence-corrected chi connectivity index (χ4v) is 2.30. The first-order valence-corrected chi connectivity index (χ1v) is 7.18. The van der Waals surface area contributed by atoms with Crippen molar-refractivity contribution in [2.24, 2.45) is 0 Å². The predicted octanol–water partition coefficient (Wildman–Crippen LogP) is 1.57. The number of carbonyl (C=O) groups is 1. The third-order valence-electron chi connectivity index (χ3n) is 3.24. The molecule has 1 aromatic carbocycles. The van der Waals surface area contributed by atoms with Crippen LogP contribution < -0.4 is 5.32 Å². The molecule has 0 spiro atoms. The van der Waals surface area contributed by atoms with Crippen molar-refractivity contribution < 1.29 is 13.9 Å². The summed E-state index contributed by atoms with van der Waals surface area (Å²) in [4.78, 5) is 14.6. The van der Waals surface area contributed by atoms with Gasteiger partial charge in [-0.1, -0.05) is 0 Å². The summed E-state index contributed by atoms with van der Waals surface area (Å²) >= 11 is 4.03. The van der Waals surface area contributed by atoms with Gasteiger partial charge in [-0.2, -0.15) is 0 Å². The molecule has 1 N–H and O–H groups in total. The van der Waals surface area contributed by atoms with Gasteiger partial charge >= 0.3 is 0 Å². The topological polar surface area (TPSA) is 41.6 Å². The number of hydrogen-bond donors (Lipinski definition) is 2. The average molecular weight is 298 g/mol. The molecule has 1 heterocycles. The molecule has 0 aliphatic carbocycles. The summed E-state index contributed by atoms with van der Waals surface area (Å²) in [5, 5.41) is 2.74. The first-order chi connectivity index (χ1) is 9.66. The van der Waals surface area contributed by atoms with Gasteiger partial charge in [0.25, 0.3) is 5.91 Å². The van der Waals surface area contributed by atoms with Crippen molar-refractivity contribution >= 4 is 18.5 Å². The van der Waals surface area contributed by atoms with E-state index in [4.69, 9.17) is 4.74 Å². The number of benzene rings is 1. The maximum absolute atomic E-state index is 13.6. The smallest absolute Gasteiger partial charge is 0.254 e. The molecule has 0 radical (unpaired) electrons. The molecule has 1 aliphatic heterocycles. The van der Waals surface area contributed by atoms with E-state index in [-0.39, 0.29) is 11.5 Å². The van der Waals surface area contributed by atoms with Crippen LogP contribution in [0.3, 0.4) is 0 Å². The van der Waals surface area contributed by atoms with Gasteiger partial charge in [0.15, 0.2) is 0 Å². The van der Waals surface area contributed by atoms with Crippen molar-refractivity contribution in [3.63, 3.8) is 0 Å². The molecule has 0 bridgehead atoms. The van der Waals surface area contributed by atoms with Crippen molar-refractivity contribution in [3.05, 3.63) is 29.6 Å². The second-order valence-corrected chi connectivity index (χ2v) is 5.24. The van der Waals surface area contributed by atoms with Gasteiger partial charge in [0.2, 0.25) is 0 Å². The lowest BCUT2D eigenvalue weighted by Gasteiger charge is -2.26. The predicted molar refractivity (Wildman–Crippen MR) is 77.9 cm³/mol. The van der Waals surface area contributed by atoms with Crippen molar-refractivity contribution in [1.82, 2.24) is 10.2 Å². The summed E-state index contributed by atoms with van der Waals surface area (Å²) < 4.78 is 18.8. The lowest BCUT2D eigenvalue weighted by atomic mass is 10.2. The number of thiol groups is 1. The molecule has 1 fully saturated rings. The van der Waals surface area contributed by atoms with Crippen LogP contribution >= 0.6 is 12.6 Å². The van der Waals surface area contributed by atoms with Crippen LogP contribution in [-0.4, -0.2) is 50.2 Å². The molecule has 1 aromatic rings. The molecule has 4 nitrogen and oxygen atoms in total. The molecule has 0 unspecified atom stereocenters. The fourth-order valence-electron chi connectivity index (χ4n) is 2.11. The Morgan fingerprint density at radius 3 is 2.85 bits per heavy atom. The van der Waals surface area contributed by atoms with Crippen molar-refractivity contribution in [1.29, 1.82) is 0 Å². The summed E-state index contributed by atoms with van der Waals surface area (Å²) in [6.07, 6.45) is 0.845. The Morgan fingerprint density at radius 1 is 1.40 bits per heavy atom. The normalized spacial score (nSPS) is 16.1. The van der Waals surface area contributed by atoms with E-state index in [1.54, 1.807) is 6.07 Å². The highest BCUT2D eigenvalue weighted by molar-refractivity contribution is 7.80. The van der Waals surface area contributed by atoms with Gasteiger partial charge in [0, 0.05) is 24.5 Å². The fraction of sp³-hybridized carbons (Fsp3) is 0.500. The van der Waals surface area contributed by atoms with Crippen LogP contribution in [0.4, 0.5) is 4.39 Å². The number of amides is 1. The number of carbonyl (C=O) groups excluding carboxylic acids is 1. The van der Waals surface area contributed by atoms with E-state index in [1.807, 2.05) is 0 Å². The number of morpholine rings is 1. The molecule has 1 saturated heterocycles. The Morgan fingerprint density at radius 2 is 2.15 bits per heavy atom. The van der Waals surface area contributed by atoms with Crippen LogP contribution in [0, 0.1) is 5.82 Å². The van der Waals surface area contributed by atoms with Crippen LogP contribution in [0.5, 0.6) is 0 Å². The average Bonchev–Trinajstić information content (AvgIpc) is 2.44. The van der Waals surface area contributed by atoms with Gasteiger partial charge in [-0.15, -0.1) is 12.6 Å². The Kier molecular flexibility index (Phi) is 5.82. The van der Waals surface area contributed by atoms with E-state index in [0.717, 1.165) is 39.3 Å². The Labute approximate surface area is 123 Å². The summed E-state index contributed by atoms with van der Waals surface area (Å²) in [6, 6.07) is 4.30. The van der Waals surface area contributed by atoms with Gasteiger partial charge in [-0.3, -0.25) is 9.69 Å². The van der Waals surface area contributed by atoms with E-state index >= 15 is 0 Å². The van der Waals surface area contributed by atoms with Gasteiger partial charge < -0.3 is 10.1 Å². The zero-order valence-electron chi connectivity index (χ0n) is 11.3. The van der Waals surface area contributed by atoms with Crippen LogP contribution in [0.2, 0.25) is 0 Å². The van der Waals surface area contributed by atoms with E-state index in [2.05, 4.69) is 22.8 Å². The van der Waals surface area contributed by atoms with Crippen LogP contribution in [0.1, 0.15) is 16.8 Å². The van der Waals surface area contributed by atoms with E-state index in [1.165, 1.54) is 12.1 Å². The highest BCUT2D eigenvalue weighted by Gasteiger charge is 2.12. The zero-order chi connectivity index (χ0) is 14.4. The third-order valence-corrected chi connectivity index (χ3v) is 3.52. The van der Waals surface area contributed by atoms with E-state index < -0.39 is 5.82 Å². The standard InChI is InChI=1S/C14H19FN2O2S/c15-13-10-11(20)2-3-12(13)14(18)16-4-1-5-17-6-8-19-9-7-17/h2-3,10,20H,1,4-9H2,(H,16,18). The minimum Gasteiger partial charge on any atom is -0.379 e. The maximum Gasteiger partial charge on any atom is 0.254 e. The summed E-state index contributed by atoms with van der Waals surface area (Å²) in [5.74, 6) is -0.916. The Hall–Kier alpha value is -1.11. The number of halogens is 1. The second-order valence-electron chi connectivity index (χ2n) is 4.73. The number of nitrogens with one attached hydrogen (secondary N) is 1. The summed E-state index contributed by atoms with van der Waals surface area (Å²) in [6.45, 7) is 4.87. The molecule has 6 heteroatoms. The number of nitrogens with zero attached hydrogens (tertiary/aromatic N) is 1. The Bertz CT molecular complexity index is 464. The van der Waals surface area contributed by atoms with E-state index in [0.29, 0.717) is 11.4 Å². The van der Waals surface area contributed by atoms with Crippen molar-refractivity contribution in [3.8, 4) is 0 Å². The molecular formula is C14H19FN2O2S. The first kappa shape index (κ1) is 15.3. The maximum atomic E-state index is 13.6. The molecule has 20 heavy (non-hydrogen) atoms. The van der Waals surface area contributed by atoms with Crippen molar-refractivity contribution in [2.45, 2.75) is 11.3 Å².